The Morgan fingerprint density at radius 3 is 2.77 bits per heavy atom. The normalized spacial score (nSPS) is 18.2. The van der Waals surface area contributed by atoms with Crippen LogP contribution < -0.4 is 5.32 Å². The summed E-state index contributed by atoms with van der Waals surface area (Å²) < 4.78 is 5.24. The Morgan fingerprint density at radius 1 is 1.23 bits per heavy atom. The molecule has 0 saturated heterocycles. The van der Waals surface area contributed by atoms with Gasteiger partial charge in [-0.05, 0) is 35.2 Å². The van der Waals surface area contributed by atoms with Crippen molar-refractivity contribution in [2.45, 2.75) is 12.0 Å². The molecule has 2 aromatic heterocycles. The molecule has 2 amide bonds. The second-order valence-corrected chi connectivity index (χ2v) is 8.28. The molecule has 6 nitrogen and oxygen atoms in total. The molecule has 30 heavy (non-hydrogen) atoms. The zero-order valence-electron chi connectivity index (χ0n) is 16.2. The van der Waals surface area contributed by atoms with Crippen LogP contribution in [-0.2, 0) is 9.53 Å². The van der Waals surface area contributed by atoms with E-state index in [1.807, 2.05) is 35.7 Å². The summed E-state index contributed by atoms with van der Waals surface area (Å²) in [5.41, 5.74) is 1.24. The van der Waals surface area contributed by atoms with Gasteiger partial charge in [0, 0.05) is 30.3 Å². The lowest BCUT2D eigenvalue weighted by Crippen LogP contribution is -2.47. The molecule has 4 rings (SSSR count). The number of methoxy groups -OCH3 is 1. The number of fused-ring (bicyclic) bond motifs is 1. The van der Waals surface area contributed by atoms with Crippen molar-refractivity contribution in [1.82, 2.24) is 9.88 Å². The fraction of sp³-hybridized carbons (Fsp3) is 0.227. The number of nitrogens with zero attached hydrogens (tertiary/aromatic N) is 2. The average molecular weight is 442 g/mol. The number of nitrogens with one attached hydrogen (secondary N) is 1. The molecule has 154 valence electrons. The molecule has 0 radical (unpaired) electrons. The van der Waals surface area contributed by atoms with E-state index in [1.54, 1.807) is 30.2 Å². The highest BCUT2D eigenvalue weighted by molar-refractivity contribution is 7.10. The highest BCUT2D eigenvalue weighted by atomic mass is 35.5. The van der Waals surface area contributed by atoms with Gasteiger partial charge in [-0.15, -0.1) is 11.3 Å². The lowest BCUT2D eigenvalue weighted by molar-refractivity contribution is -0.119. The van der Waals surface area contributed by atoms with E-state index in [-0.39, 0.29) is 11.8 Å². The van der Waals surface area contributed by atoms with E-state index in [2.05, 4.69) is 10.3 Å². The minimum atomic E-state index is -0.591. The quantitative estimate of drug-likeness (QED) is 0.616. The van der Waals surface area contributed by atoms with Gasteiger partial charge in [-0.1, -0.05) is 35.9 Å². The molecule has 0 unspecified atom stereocenters. The van der Waals surface area contributed by atoms with E-state index >= 15 is 0 Å². The van der Waals surface area contributed by atoms with E-state index in [4.69, 9.17) is 16.3 Å². The number of carbonyl (C=O) groups is 2. The number of amides is 2. The van der Waals surface area contributed by atoms with Crippen LogP contribution in [0.2, 0.25) is 5.02 Å². The Kier molecular flexibility index (Phi) is 6.13. The number of ether oxygens (including phenoxy) is 1. The van der Waals surface area contributed by atoms with E-state index in [0.717, 1.165) is 4.88 Å². The Morgan fingerprint density at radius 2 is 2.07 bits per heavy atom. The second-order valence-electron chi connectivity index (χ2n) is 6.87. The van der Waals surface area contributed by atoms with Gasteiger partial charge in [0.15, 0.2) is 0 Å². The van der Waals surface area contributed by atoms with Crippen molar-refractivity contribution >= 4 is 40.6 Å². The summed E-state index contributed by atoms with van der Waals surface area (Å²) in [6, 6.07) is 14.0. The van der Waals surface area contributed by atoms with Gasteiger partial charge in [0.05, 0.1) is 23.6 Å². The number of benzene rings is 1. The van der Waals surface area contributed by atoms with Gasteiger partial charge in [0.1, 0.15) is 5.82 Å². The van der Waals surface area contributed by atoms with E-state index in [0.29, 0.717) is 35.1 Å². The minimum absolute atomic E-state index is 0.102. The Bertz CT molecular complexity index is 1040. The second kappa shape index (κ2) is 8.95. The molecule has 1 aliphatic rings. The lowest BCUT2D eigenvalue weighted by atomic mass is 9.81. The van der Waals surface area contributed by atoms with Crippen molar-refractivity contribution < 1.29 is 14.3 Å². The van der Waals surface area contributed by atoms with Gasteiger partial charge in [-0.3, -0.25) is 9.59 Å². The van der Waals surface area contributed by atoms with E-state index < -0.39 is 12.0 Å². The van der Waals surface area contributed by atoms with Gasteiger partial charge in [-0.25, -0.2) is 4.98 Å². The molecular formula is C22H20ClN3O3S. The molecule has 1 aromatic carbocycles. The molecule has 8 heteroatoms. The third-order valence-corrected chi connectivity index (χ3v) is 6.24. The van der Waals surface area contributed by atoms with Crippen LogP contribution in [-0.4, -0.2) is 42.0 Å². The molecule has 3 heterocycles. The Labute approximate surface area is 183 Å². The number of hydrogen-bond acceptors (Lipinski definition) is 5. The number of halogens is 1. The number of aromatic nitrogens is 1. The summed E-state index contributed by atoms with van der Waals surface area (Å²) >= 11 is 7.43. The van der Waals surface area contributed by atoms with Crippen molar-refractivity contribution in [3.8, 4) is 0 Å². The van der Waals surface area contributed by atoms with Crippen molar-refractivity contribution in [3.63, 3.8) is 0 Å². The summed E-state index contributed by atoms with van der Waals surface area (Å²) in [6.07, 6.45) is 1.48. The molecule has 0 saturated carbocycles. The van der Waals surface area contributed by atoms with Crippen molar-refractivity contribution in [3.05, 3.63) is 81.1 Å². The maximum atomic E-state index is 13.5. The fourth-order valence-corrected chi connectivity index (χ4v) is 4.73. The van der Waals surface area contributed by atoms with Gasteiger partial charge in [-0.2, -0.15) is 0 Å². The zero-order valence-corrected chi connectivity index (χ0v) is 17.8. The number of carbonyl (C=O) groups excluding carboxylic acids is 2. The maximum Gasteiger partial charge on any atom is 0.254 e. The van der Waals surface area contributed by atoms with Gasteiger partial charge >= 0.3 is 0 Å². The lowest BCUT2D eigenvalue weighted by Gasteiger charge is -2.41. The third-order valence-electron chi connectivity index (χ3n) is 5.07. The van der Waals surface area contributed by atoms with E-state index in [9.17, 15) is 9.59 Å². The van der Waals surface area contributed by atoms with Crippen molar-refractivity contribution in [2.75, 3.05) is 25.6 Å². The number of pyridine rings is 1. The number of rotatable bonds is 6. The average Bonchev–Trinajstić information content (AvgIpc) is 3.29. The monoisotopic (exact) mass is 441 g/mol. The summed E-state index contributed by atoms with van der Waals surface area (Å²) in [7, 11) is 1.60. The first-order valence-corrected chi connectivity index (χ1v) is 10.7. The first kappa shape index (κ1) is 20.5. The number of thiophene rings is 1. The third kappa shape index (κ3) is 3.96. The van der Waals surface area contributed by atoms with Crippen LogP contribution >= 0.6 is 22.9 Å². The molecule has 0 spiro atoms. The van der Waals surface area contributed by atoms with Crippen LogP contribution in [0.4, 0.5) is 5.82 Å². The topological polar surface area (TPSA) is 71.5 Å². The van der Waals surface area contributed by atoms with E-state index in [1.165, 1.54) is 17.5 Å². The first-order valence-electron chi connectivity index (χ1n) is 9.45. The van der Waals surface area contributed by atoms with Crippen LogP contribution in [0.1, 0.15) is 32.8 Å². The summed E-state index contributed by atoms with van der Waals surface area (Å²) in [5.74, 6) is -0.514. The summed E-state index contributed by atoms with van der Waals surface area (Å²) in [5, 5.41) is 5.33. The Balaban J connectivity index is 1.78. The Hall–Kier alpha value is -2.74. The molecule has 1 N–H and O–H groups in total. The highest BCUT2D eigenvalue weighted by Gasteiger charge is 2.44. The molecule has 1 aliphatic heterocycles. The van der Waals surface area contributed by atoms with Crippen LogP contribution in [0, 0.1) is 0 Å². The fourth-order valence-electron chi connectivity index (χ4n) is 3.74. The molecule has 0 fully saturated rings. The molecular weight excluding hydrogens is 422 g/mol. The predicted octanol–water partition coefficient (Wildman–Crippen LogP) is 4.36. The SMILES string of the molecule is COCCN1C(=O)c2ccccc2[C@H](C(=O)Nc2ccc(Cl)cn2)[C@H]1c1cccs1. The molecule has 2 atom stereocenters. The minimum Gasteiger partial charge on any atom is -0.383 e. The molecule has 0 bridgehead atoms. The summed E-state index contributed by atoms with van der Waals surface area (Å²) in [6.45, 7) is 0.762. The zero-order chi connectivity index (χ0) is 21.1. The largest absolute Gasteiger partial charge is 0.383 e. The predicted molar refractivity (Wildman–Crippen MR) is 117 cm³/mol. The number of hydrogen-bond donors (Lipinski definition) is 1. The van der Waals surface area contributed by atoms with Crippen LogP contribution in [0.3, 0.4) is 0 Å². The van der Waals surface area contributed by atoms with Gasteiger partial charge in [0.2, 0.25) is 5.91 Å². The molecule has 3 aromatic rings. The first-order chi connectivity index (χ1) is 14.6. The van der Waals surface area contributed by atoms with Crippen LogP contribution in [0.25, 0.3) is 0 Å². The number of anilines is 1. The van der Waals surface area contributed by atoms with Crippen molar-refractivity contribution in [1.29, 1.82) is 0 Å². The van der Waals surface area contributed by atoms with Crippen molar-refractivity contribution in [2.24, 2.45) is 0 Å². The maximum absolute atomic E-state index is 13.5. The standard InChI is InChI=1S/C22H20ClN3O3S/c1-29-11-10-26-20(17-7-4-12-30-17)19(15-5-2-3-6-16(15)22(26)28)21(27)25-18-9-8-14(23)13-24-18/h2-9,12-13,19-20H,10-11H2,1H3,(H,24,25,27)/t19-,20+/m0/s1. The molecule has 0 aliphatic carbocycles. The van der Waals surface area contributed by atoms with Gasteiger partial charge < -0.3 is 15.0 Å². The summed E-state index contributed by atoms with van der Waals surface area (Å²) in [4.78, 5) is 33.7. The smallest absolute Gasteiger partial charge is 0.254 e. The highest BCUT2D eigenvalue weighted by Crippen LogP contribution is 2.44. The van der Waals surface area contributed by atoms with Crippen LogP contribution in [0.5, 0.6) is 0 Å². The van der Waals surface area contributed by atoms with Gasteiger partial charge in [0.25, 0.3) is 5.91 Å². The van der Waals surface area contributed by atoms with Crippen LogP contribution in [0.15, 0.2) is 60.1 Å².